The SMILES string of the molecule is CN=C(NCc1ccc(F)c(CO)c1)NC(C)c1ccc(Cl)cc1. The summed E-state index contributed by atoms with van der Waals surface area (Å²) < 4.78 is 13.4. The second-order valence-corrected chi connectivity index (χ2v) is 5.86. The number of benzene rings is 2. The molecule has 3 N–H and O–H groups in total. The van der Waals surface area contributed by atoms with Crippen LogP contribution in [-0.2, 0) is 13.2 Å². The molecule has 0 radical (unpaired) electrons. The van der Waals surface area contributed by atoms with Crippen LogP contribution in [-0.4, -0.2) is 18.1 Å². The predicted octanol–water partition coefficient (Wildman–Crippen LogP) is 3.40. The summed E-state index contributed by atoms with van der Waals surface area (Å²) in [6, 6.07) is 12.3. The average molecular weight is 350 g/mol. The number of aliphatic hydroxyl groups is 1. The zero-order chi connectivity index (χ0) is 17.5. The molecule has 24 heavy (non-hydrogen) atoms. The monoisotopic (exact) mass is 349 g/mol. The molecule has 0 heterocycles. The lowest BCUT2D eigenvalue weighted by atomic mass is 10.1. The molecule has 0 aromatic heterocycles. The van der Waals surface area contributed by atoms with Crippen LogP contribution in [0.5, 0.6) is 0 Å². The lowest BCUT2D eigenvalue weighted by Crippen LogP contribution is -2.38. The number of hydrogen-bond acceptors (Lipinski definition) is 2. The minimum Gasteiger partial charge on any atom is -0.392 e. The molecule has 0 fully saturated rings. The standard InChI is InChI=1S/C18H21ClFN3O/c1-12(14-4-6-16(19)7-5-14)23-18(21-2)22-10-13-3-8-17(20)15(9-13)11-24/h3-9,12,24H,10-11H2,1-2H3,(H2,21,22,23). The molecular formula is C18H21ClFN3O. The fourth-order valence-electron chi connectivity index (χ4n) is 2.28. The first-order valence-corrected chi connectivity index (χ1v) is 8.02. The molecule has 1 atom stereocenters. The summed E-state index contributed by atoms with van der Waals surface area (Å²) >= 11 is 5.90. The van der Waals surface area contributed by atoms with Crippen molar-refractivity contribution in [1.82, 2.24) is 10.6 Å². The Bertz CT molecular complexity index is 704. The third-order valence-corrected chi connectivity index (χ3v) is 3.94. The summed E-state index contributed by atoms with van der Waals surface area (Å²) in [4.78, 5) is 4.19. The number of halogens is 2. The van der Waals surface area contributed by atoms with Gasteiger partial charge in [0.25, 0.3) is 0 Å². The van der Waals surface area contributed by atoms with Crippen LogP contribution >= 0.6 is 11.6 Å². The lowest BCUT2D eigenvalue weighted by Gasteiger charge is -2.18. The normalized spacial score (nSPS) is 12.8. The number of nitrogens with zero attached hydrogens (tertiary/aromatic N) is 1. The Morgan fingerprint density at radius 1 is 1.25 bits per heavy atom. The van der Waals surface area contributed by atoms with Gasteiger partial charge in [0, 0.05) is 24.2 Å². The van der Waals surface area contributed by atoms with Crippen molar-refractivity contribution in [2.75, 3.05) is 7.05 Å². The van der Waals surface area contributed by atoms with Crippen LogP contribution in [0.2, 0.25) is 5.02 Å². The van der Waals surface area contributed by atoms with Crippen molar-refractivity contribution in [2.24, 2.45) is 4.99 Å². The molecule has 1 unspecified atom stereocenters. The summed E-state index contributed by atoms with van der Waals surface area (Å²) in [6.07, 6.45) is 0. The highest BCUT2D eigenvalue weighted by molar-refractivity contribution is 6.30. The van der Waals surface area contributed by atoms with Gasteiger partial charge >= 0.3 is 0 Å². The Morgan fingerprint density at radius 3 is 2.58 bits per heavy atom. The molecule has 0 bridgehead atoms. The van der Waals surface area contributed by atoms with E-state index in [9.17, 15) is 4.39 Å². The maximum Gasteiger partial charge on any atom is 0.191 e. The first kappa shape index (κ1) is 18.2. The third-order valence-electron chi connectivity index (χ3n) is 3.69. The second-order valence-electron chi connectivity index (χ2n) is 5.43. The maximum absolute atomic E-state index is 13.4. The third kappa shape index (κ3) is 4.94. The van der Waals surface area contributed by atoms with Crippen molar-refractivity contribution in [3.05, 3.63) is 70.0 Å². The van der Waals surface area contributed by atoms with Gasteiger partial charge in [0.2, 0.25) is 0 Å². The maximum atomic E-state index is 13.4. The number of nitrogens with one attached hydrogen (secondary N) is 2. The van der Waals surface area contributed by atoms with Crippen molar-refractivity contribution in [2.45, 2.75) is 26.1 Å². The van der Waals surface area contributed by atoms with Crippen LogP contribution < -0.4 is 10.6 Å². The van der Waals surface area contributed by atoms with Gasteiger partial charge in [0.15, 0.2) is 5.96 Å². The highest BCUT2D eigenvalue weighted by Gasteiger charge is 2.08. The van der Waals surface area contributed by atoms with Crippen LogP contribution in [0.1, 0.15) is 29.7 Å². The zero-order valence-corrected chi connectivity index (χ0v) is 14.4. The molecule has 2 aromatic rings. The molecule has 0 saturated carbocycles. The number of rotatable bonds is 5. The van der Waals surface area contributed by atoms with E-state index in [2.05, 4.69) is 15.6 Å². The largest absolute Gasteiger partial charge is 0.392 e. The van der Waals surface area contributed by atoms with Gasteiger partial charge in [0.05, 0.1) is 12.6 Å². The Kier molecular flexibility index (Phi) is 6.58. The van der Waals surface area contributed by atoms with E-state index in [1.807, 2.05) is 31.2 Å². The molecular weight excluding hydrogens is 329 g/mol. The minimum absolute atomic E-state index is 0.0506. The van der Waals surface area contributed by atoms with Crippen LogP contribution in [0.25, 0.3) is 0 Å². The van der Waals surface area contributed by atoms with E-state index >= 15 is 0 Å². The van der Waals surface area contributed by atoms with Gasteiger partial charge in [-0.15, -0.1) is 0 Å². The summed E-state index contributed by atoms with van der Waals surface area (Å²) in [5, 5.41) is 16.3. The Morgan fingerprint density at radius 2 is 1.96 bits per heavy atom. The molecule has 128 valence electrons. The number of hydrogen-bond donors (Lipinski definition) is 3. The Balaban J connectivity index is 1.96. The molecule has 4 nitrogen and oxygen atoms in total. The quantitative estimate of drug-likeness (QED) is 0.573. The predicted molar refractivity (Wildman–Crippen MR) is 95.5 cm³/mol. The van der Waals surface area contributed by atoms with Crippen molar-refractivity contribution in [3.8, 4) is 0 Å². The van der Waals surface area contributed by atoms with E-state index < -0.39 is 5.82 Å². The van der Waals surface area contributed by atoms with Crippen molar-refractivity contribution >= 4 is 17.6 Å². The van der Waals surface area contributed by atoms with Gasteiger partial charge in [0.1, 0.15) is 5.82 Å². The summed E-state index contributed by atoms with van der Waals surface area (Å²) in [7, 11) is 1.69. The van der Waals surface area contributed by atoms with Crippen LogP contribution in [0.3, 0.4) is 0 Å². The van der Waals surface area contributed by atoms with Crippen LogP contribution in [0.4, 0.5) is 4.39 Å². The highest BCUT2D eigenvalue weighted by Crippen LogP contribution is 2.16. The first-order valence-electron chi connectivity index (χ1n) is 7.64. The number of guanidine groups is 1. The van der Waals surface area contributed by atoms with E-state index in [0.717, 1.165) is 11.1 Å². The van der Waals surface area contributed by atoms with E-state index in [1.165, 1.54) is 6.07 Å². The molecule has 6 heteroatoms. The van der Waals surface area contributed by atoms with Crippen molar-refractivity contribution in [1.29, 1.82) is 0 Å². The zero-order valence-electron chi connectivity index (χ0n) is 13.7. The van der Waals surface area contributed by atoms with Crippen molar-refractivity contribution in [3.63, 3.8) is 0 Å². The first-order chi connectivity index (χ1) is 11.5. The molecule has 0 aliphatic rings. The van der Waals surface area contributed by atoms with Gasteiger partial charge in [-0.05, 0) is 42.3 Å². The van der Waals surface area contributed by atoms with Gasteiger partial charge in [-0.3, -0.25) is 4.99 Å². The molecule has 0 aliphatic carbocycles. The topological polar surface area (TPSA) is 56.7 Å². The minimum atomic E-state index is -0.403. The molecule has 0 spiro atoms. The summed E-state index contributed by atoms with van der Waals surface area (Å²) in [5.74, 6) is 0.229. The fraction of sp³-hybridized carbons (Fsp3) is 0.278. The molecule has 2 rings (SSSR count). The Labute approximate surface area is 146 Å². The number of aliphatic hydroxyl groups excluding tert-OH is 1. The van der Waals surface area contributed by atoms with Gasteiger partial charge in [-0.2, -0.15) is 0 Å². The molecule has 0 amide bonds. The smallest absolute Gasteiger partial charge is 0.191 e. The molecule has 0 saturated heterocycles. The molecule has 0 aliphatic heterocycles. The second kappa shape index (κ2) is 8.66. The van der Waals surface area contributed by atoms with E-state index in [-0.39, 0.29) is 18.2 Å². The lowest BCUT2D eigenvalue weighted by molar-refractivity contribution is 0.275. The van der Waals surface area contributed by atoms with Gasteiger partial charge in [-0.25, -0.2) is 4.39 Å². The fourth-order valence-corrected chi connectivity index (χ4v) is 2.41. The van der Waals surface area contributed by atoms with E-state index in [1.54, 1.807) is 19.2 Å². The van der Waals surface area contributed by atoms with Crippen LogP contribution in [0.15, 0.2) is 47.5 Å². The summed E-state index contributed by atoms with van der Waals surface area (Å²) in [6.45, 7) is 2.18. The Hall–Kier alpha value is -2.11. The van der Waals surface area contributed by atoms with E-state index in [4.69, 9.17) is 16.7 Å². The van der Waals surface area contributed by atoms with Crippen LogP contribution in [0, 0.1) is 5.82 Å². The van der Waals surface area contributed by atoms with Gasteiger partial charge in [-0.1, -0.05) is 29.8 Å². The molecule has 2 aromatic carbocycles. The van der Waals surface area contributed by atoms with Gasteiger partial charge < -0.3 is 15.7 Å². The number of aliphatic imine (C=N–C) groups is 1. The average Bonchev–Trinajstić information content (AvgIpc) is 2.60. The van der Waals surface area contributed by atoms with Crippen molar-refractivity contribution < 1.29 is 9.50 Å². The summed E-state index contributed by atoms with van der Waals surface area (Å²) in [5.41, 5.74) is 2.24. The van der Waals surface area contributed by atoms with E-state index in [0.29, 0.717) is 17.5 Å². The highest BCUT2D eigenvalue weighted by atomic mass is 35.5.